The number of esters is 1. The largest absolute Gasteiger partial charge is 0.479 e. The van der Waals surface area contributed by atoms with Crippen molar-refractivity contribution in [2.24, 2.45) is 0 Å². The van der Waals surface area contributed by atoms with Crippen molar-refractivity contribution in [1.29, 1.82) is 0 Å². The molecular formula is C21H20O6. The predicted molar refractivity (Wildman–Crippen MR) is 101 cm³/mol. The number of benzene rings is 2. The zero-order valence-corrected chi connectivity index (χ0v) is 15.6. The van der Waals surface area contributed by atoms with Gasteiger partial charge in [-0.15, -0.1) is 0 Å². The minimum atomic E-state index is -0.772. The van der Waals surface area contributed by atoms with Crippen LogP contribution < -0.4 is 14.9 Å². The van der Waals surface area contributed by atoms with Gasteiger partial charge in [-0.25, -0.2) is 4.79 Å². The highest BCUT2D eigenvalue weighted by atomic mass is 16.6. The van der Waals surface area contributed by atoms with E-state index in [0.29, 0.717) is 22.5 Å². The summed E-state index contributed by atoms with van der Waals surface area (Å²) in [5.41, 5.74) is 2.00. The first-order chi connectivity index (χ1) is 12.9. The second kappa shape index (κ2) is 7.53. The average molecular weight is 368 g/mol. The number of methoxy groups -OCH3 is 1. The van der Waals surface area contributed by atoms with E-state index in [1.807, 2.05) is 32.0 Å². The fourth-order valence-corrected chi connectivity index (χ4v) is 2.59. The Morgan fingerprint density at radius 3 is 2.59 bits per heavy atom. The Labute approximate surface area is 156 Å². The highest BCUT2D eigenvalue weighted by molar-refractivity contribution is 5.79. The molecule has 0 aliphatic heterocycles. The molecule has 0 spiro atoms. The van der Waals surface area contributed by atoms with Gasteiger partial charge in [0.15, 0.2) is 6.10 Å². The molecule has 3 aromatic rings. The summed E-state index contributed by atoms with van der Waals surface area (Å²) >= 11 is 0. The summed E-state index contributed by atoms with van der Waals surface area (Å²) in [6, 6.07) is 10.5. The average Bonchev–Trinajstić information content (AvgIpc) is 2.66. The zero-order valence-electron chi connectivity index (χ0n) is 15.6. The van der Waals surface area contributed by atoms with Crippen LogP contribution in [0.5, 0.6) is 17.2 Å². The predicted octanol–water partition coefficient (Wildman–Crippen LogP) is 4.14. The molecule has 6 nitrogen and oxygen atoms in total. The molecule has 0 saturated heterocycles. The maximum atomic E-state index is 12.7. The molecule has 0 radical (unpaired) electrons. The van der Waals surface area contributed by atoms with Gasteiger partial charge in [0.05, 0.1) is 12.5 Å². The van der Waals surface area contributed by atoms with E-state index in [2.05, 4.69) is 4.74 Å². The van der Waals surface area contributed by atoms with Crippen molar-refractivity contribution in [1.82, 2.24) is 0 Å². The minimum absolute atomic E-state index is 0.104. The summed E-state index contributed by atoms with van der Waals surface area (Å²) in [5, 5.41) is 0.357. The molecule has 140 valence electrons. The molecule has 0 aliphatic carbocycles. The molecule has 27 heavy (non-hydrogen) atoms. The van der Waals surface area contributed by atoms with Crippen LogP contribution >= 0.6 is 0 Å². The fourth-order valence-electron chi connectivity index (χ4n) is 2.59. The first-order valence-corrected chi connectivity index (χ1v) is 8.44. The number of carbonyl (C=O) groups is 1. The van der Waals surface area contributed by atoms with Gasteiger partial charge in [-0.05, 0) is 50.1 Å². The molecule has 2 aromatic carbocycles. The van der Waals surface area contributed by atoms with Gasteiger partial charge in [0, 0.05) is 6.07 Å². The van der Waals surface area contributed by atoms with Crippen molar-refractivity contribution < 1.29 is 23.4 Å². The normalized spacial score (nSPS) is 11.9. The molecule has 0 saturated carbocycles. The first-order valence-electron chi connectivity index (χ1n) is 8.44. The molecular weight excluding hydrogens is 348 g/mol. The quantitative estimate of drug-likeness (QED) is 0.630. The Balaban J connectivity index is 1.91. The summed E-state index contributed by atoms with van der Waals surface area (Å²) in [6.07, 6.45) is 0.506. The number of rotatable bonds is 5. The van der Waals surface area contributed by atoms with Crippen LogP contribution in [0.25, 0.3) is 11.0 Å². The molecule has 0 aliphatic rings. The number of hydrogen-bond donors (Lipinski definition) is 0. The monoisotopic (exact) mass is 368 g/mol. The lowest BCUT2D eigenvalue weighted by Gasteiger charge is -2.13. The van der Waals surface area contributed by atoms with Gasteiger partial charge in [0.1, 0.15) is 23.3 Å². The lowest BCUT2D eigenvalue weighted by Crippen LogP contribution is -2.24. The van der Waals surface area contributed by atoms with E-state index in [-0.39, 0.29) is 11.2 Å². The second-order valence-corrected chi connectivity index (χ2v) is 6.24. The van der Waals surface area contributed by atoms with Crippen LogP contribution in [0.15, 0.2) is 51.9 Å². The Bertz CT molecular complexity index is 1050. The topological polar surface area (TPSA) is 75.0 Å². The molecule has 0 N–H and O–H groups in total. The summed E-state index contributed by atoms with van der Waals surface area (Å²) in [4.78, 5) is 24.2. The summed E-state index contributed by atoms with van der Waals surface area (Å²) in [7, 11) is 1.29. The van der Waals surface area contributed by atoms with Crippen LogP contribution in [-0.4, -0.2) is 19.2 Å². The lowest BCUT2D eigenvalue weighted by molar-refractivity contribution is -0.147. The van der Waals surface area contributed by atoms with Crippen molar-refractivity contribution in [3.8, 4) is 17.2 Å². The van der Waals surface area contributed by atoms with E-state index in [0.717, 1.165) is 11.1 Å². The van der Waals surface area contributed by atoms with Crippen LogP contribution in [-0.2, 0) is 9.53 Å². The van der Waals surface area contributed by atoms with Crippen LogP contribution in [0.3, 0.4) is 0 Å². The standard InChI is InChI=1S/C21H20O6/c1-12-5-6-13(2)17(9-12)27-19-11-25-18-10-15(7-8-16(18)20(19)22)26-14(3)21(23)24-4/h5-11,14H,1-4H3/t14-/m0/s1. The molecule has 1 atom stereocenters. The van der Waals surface area contributed by atoms with Gasteiger partial charge in [-0.1, -0.05) is 12.1 Å². The van der Waals surface area contributed by atoms with Crippen molar-refractivity contribution in [2.75, 3.05) is 7.11 Å². The molecule has 1 aromatic heterocycles. The van der Waals surface area contributed by atoms with Gasteiger partial charge < -0.3 is 18.6 Å². The first kappa shape index (κ1) is 18.5. The molecule has 0 amide bonds. The Hall–Kier alpha value is -3.28. The highest BCUT2D eigenvalue weighted by Gasteiger charge is 2.16. The molecule has 0 unspecified atom stereocenters. The molecule has 3 rings (SSSR count). The molecule has 0 fully saturated rings. The summed E-state index contributed by atoms with van der Waals surface area (Å²) in [6.45, 7) is 5.43. The van der Waals surface area contributed by atoms with E-state index in [1.54, 1.807) is 25.1 Å². The third kappa shape index (κ3) is 3.95. The van der Waals surface area contributed by atoms with Crippen LogP contribution in [0, 0.1) is 13.8 Å². The van der Waals surface area contributed by atoms with Crippen LogP contribution in [0.4, 0.5) is 0 Å². The number of fused-ring (bicyclic) bond motifs is 1. The molecule has 0 bridgehead atoms. The van der Waals surface area contributed by atoms with E-state index >= 15 is 0 Å². The molecule has 6 heteroatoms. The van der Waals surface area contributed by atoms with E-state index in [1.165, 1.54) is 13.4 Å². The van der Waals surface area contributed by atoms with Gasteiger partial charge in [-0.2, -0.15) is 0 Å². The van der Waals surface area contributed by atoms with Crippen molar-refractivity contribution in [3.05, 3.63) is 64.0 Å². The number of carbonyl (C=O) groups excluding carboxylic acids is 1. The van der Waals surface area contributed by atoms with E-state index < -0.39 is 12.1 Å². The fraction of sp³-hybridized carbons (Fsp3) is 0.238. The SMILES string of the molecule is COC(=O)[C@H](C)Oc1ccc2c(=O)c(Oc3cc(C)ccc3C)coc2c1. The highest BCUT2D eigenvalue weighted by Crippen LogP contribution is 2.27. The van der Waals surface area contributed by atoms with Crippen molar-refractivity contribution in [3.63, 3.8) is 0 Å². The third-order valence-electron chi connectivity index (χ3n) is 4.12. The Morgan fingerprint density at radius 2 is 1.85 bits per heavy atom. The van der Waals surface area contributed by atoms with E-state index in [9.17, 15) is 9.59 Å². The summed E-state index contributed by atoms with van der Waals surface area (Å²) in [5.74, 6) is 0.613. The number of ether oxygens (including phenoxy) is 3. The van der Waals surface area contributed by atoms with Gasteiger partial charge >= 0.3 is 5.97 Å². The van der Waals surface area contributed by atoms with E-state index in [4.69, 9.17) is 13.9 Å². The maximum Gasteiger partial charge on any atom is 0.346 e. The Kier molecular flexibility index (Phi) is 5.16. The summed E-state index contributed by atoms with van der Waals surface area (Å²) < 4.78 is 21.5. The van der Waals surface area contributed by atoms with Crippen LogP contribution in [0.1, 0.15) is 18.1 Å². The zero-order chi connectivity index (χ0) is 19.6. The minimum Gasteiger partial charge on any atom is -0.479 e. The van der Waals surface area contributed by atoms with Gasteiger partial charge in [0.25, 0.3) is 0 Å². The molecule has 1 heterocycles. The van der Waals surface area contributed by atoms with Crippen molar-refractivity contribution in [2.45, 2.75) is 26.9 Å². The van der Waals surface area contributed by atoms with Crippen LogP contribution in [0.2, 0.25) is 0 Å². The van der Waals surface area contributed by atoms with Gasteiger partial charge in [-0.3, -0.25) is 4.79 Å². The number of aryl methyl sites for hydroxylation is 2. The Morgan fingerprint density at radius 1 is 1.07 bits per heavy atom. The smallest absolute Gasteiger partial charge is 0.346 e. The van der Waals surface area contributed by atoms with Crippen molar-refractivity contribution >= 4 is 16.9 Å². The lowest BCUT2D eigenvalue weighted by atomic mass is 10.1. The van der Waals surface area contributed by atoms with Gasteiger partial charge in [0.2, 0.25) is 11.2 Å². The third-order valence-corrected chi connectivity index (χ3v) is 4.12. The number of hydrogen-bond acceptors (Lipinski definition) is 6. The second-order valence-electron chi connectivity index (χ2n) is 6.24. The maximum absolute atomic E-state index is 12.7.